The first-order valence-electron chi connectivity index (χ1n) is 5.61. The van der Waals surface area contributed by atoms with Crippen molar-refractivity contribution in [2.24, 2.45) is 4.99 Å². The number of aryl methyl sites for hydroxylation is 1. The lowest BCUT2D eigenvalue weighted by Crippen LogP contribution is -2.22. The van der Waals surface area contributed by atoms with Crippen LogP contribution in [0.25, 0.3) is 0 Å². The second-order valence-corrected chi connectivity index (χ2v) is 4.31. The Morgan fingerprint density at radius 3 is 3.18 bits per heavy atom. The molecule has 0 aromatic carbocycles. The minimum absolute atomic E-state index is 0.411. The van der Waals surface area contributed by atoms with Crippen LogP contribution in [0.15, 0.2) is 23.3 Å². The molecular weight excluding hydrogens is 216 g/mol. The van der Waals surface area contributed by atoms with Crippen LogP contribution in [0, 0.1) is 6.92 Å². The third-order valence-electron chi connectivity index (χ3n) is 2.71. The number of anilines is 1. The zero-order valence-corrected chi connectivity index (χ0v) is 9.81. The monoisotopic (exact) mass is 230 g/mol. The number of fused-ring (bicyclic) bond motifs is 1. The molecule has 0 saturated carbocycles. The van der Waals surface area contributed by atoms with E-state index in [0.29, 0.717) is 17.5 Å². The van der Waals surface area contributed by atoms with Gasteiger partial charge in [-0.2, -0.15) is 10.1 Å². The molecule has 88 valence electrons. The molecule has 1 atom stereocenters. The van der Waals surface area contributed by atoms with E-state index in [1.54, 1.807) is 6.20 Å². The van der Waals surface area contributed by atoms with Gasteiger partial charge in [0.05, 0.1) is 0 Å². The lowest BCUT2D eigenvalue weighted by atomic mass is 10.4. The van der Waals surface area contributed by atoms with Crippen LogP contribution in [0.4, 0.5) is 11.6 Å². The SMILES string of the molecule is Cc1cc(N=c2nccc3n2CC(C)N3)n[nH]1. The smallest absolute Gasteiger partial charge is 0.233 e. The van der Waals surface area contributed by atoms with Gasteiger partial charge >= 0.3 is 0 Å². The molecular formula is C11H14N6. The summed E-state index contributed by atoms with van der Waals surface area (Å²) in [5.74, 6) is 1.72. The maximum Gasteiger partial charge on any atom is 0.233 e. The van der Waals surface area contributed by atoms with Gasteiger partial charge in [-0.1, -0.05) is 0 Å². The number of aromatic nitrogens is 4. The fourth-order valence-electron chi connectivity index (χ4n) is 1.97. The highest BCUT2D eigenvalue weighted by Crippen LogP contribution is 2.14. The number of H-pyrrole nitrogens is 1. The highest BCUT2D eigenvalue weighted by Gasteiger charge is 2.16. The first kappa shape index (κ1) is 10.1. The minimum atomic E-state index is 0.411. The summed E-state index contributed by atoms with van der Waals surface area (Å²) in [5, 5.41) is 10.3. The van der Waals surface area contributed by atoms with Gasteiger partial charge in [-0.05, 0) is 19.9 Å². The standard InChI is InChI=1S/C11H14N6/c1-7-5-9(16-15-7)14-11-12-4-3-10-13-8(2)6-17(10)11/h3-5,8,13H,6H2,1-2H3,(H,15,16). The number of nitrogens with one attached hydrogen (secondary N) is 2. The molecule has 6 nitrogen and oxygen atoms in total. The molecule has 0 spiro atoms. The fraction of sp³-hybridized carbons (Fsp3) is 0.364. The first-order chi connectivity index (χ1) is 8.22. The van der Waals surface area contributed by atoms with Crippen molar-refractivity contribution >= 4 is 11.6 Å². The molecule has 0 aliphatic carbocycles. The van der Waals surface area contributed by atoms with Crippen LogP contribution < -0.4 is 10.9 Å². The number of hydrogen-bond donors (Lipinski definition) is 2. The Morgan fingerprint density at radius 2 is 2.41 bits per heavy atom. The van der Waals surface area contributed by atoms with Gasteiger partial charge in [-0.3, -0.25) is 9.67 Å². The Kier molecular flexibility index (Phi) is 2.21. The van der Waals surface area contributed by atoms with E-state index in [0.717, 1.165) is 18.1 Å². The number of hydrogen-bond acceptors (Lipinski definition) is 4. The van der Waals surface area contributed by atoms with E-state index in [1.807, 2.05) is 19.1 Å². The Hall–Kier alpha value is -2.11. The topological polar surface area (TPSA) is 70.9 Å². The normalized spacial score (nSPS) is 19.2. The van der Waals surface area contributed by atoms with Crippen LogP contribution in [0.1, 0.15) is 12.6 Å². The van der Waals surface area contributed by atoms with Gasteiger partial charge in [0.25, 0.3) is 0 Å². The van der Waals surface area contributed by atoms with Crippen molar-refractivity contribution in [1.82, 2.24) is 19.7 Å². The van der Waals surface area contributed by atoms with Crippen LogP contribution in [-0.4, -0.2) is 25.8 Å². The van der Waals surface area contributed by atoms with Gasteiger partial charge in [-0.25, -0.2) is 4.98 Å². The summed E-state index contributed by atoms with van der Waals surface area (Å²) in [7, 11) is 0. The molecule has 1 unspecified atom stereocenters. The van der Waals surface area contributed by atoms with E-state index in [1.165, 1.54) is 0 Å². The van der Waals surface area contributed by atoms with E-state index in [2.05, 4.69) is 37.0 Å². The molecule has 17 heavy (non-hydrogen) atoms. The van der Waals surface area contributed by atoms with Gasteiger partial charge in [0.2, 0.25) is 5.62 Å². The van der Waals surface area contributed by atoms with Gasteiger partial charge in [0, 0.05) is 30.5 Å². The Labute approximate surface area is 98.4 Å². The summed E-state index contributed by atoms with van der Waals surface area (Å²) in [6.45, 7) is 4.96. The number of rotatable bonds is 1. The van der Waals surface area contributed by atoms with Crippen molar-refractivity contribution in [2.75, 3.05) is 5.32 Å². The molecule has 3 rings (SSSR count). The Morgan fingerprint density at radius 1 is 1.53 bits per heavy atom. The molecule has 0 radical (unpaired) electrons. The maximum atomic E-state index is 4.44. The summed E-state index contributed by atoms with van der Waals surface area (Å²) in [6.07, 6.45) is 1.76. The van der Waals surface area contributed by atoms with Crippen molar-refractivity contribution in [2.45, 2.75) is 26.4 Å². The third kappa shape index (κ3) is 1.82. The van der Waals surface area contributed by atoms with Gasteiger partial charge in [0.15, 0.2) is 5.82 Å². The molecule has 3 heterocycles. The predicted molar refractivity (Wildman–Crippen MR) is 63.9 cm³/mol. The van der Waals surface area contributed by atoms with Crippen LogP contribution >= 0.6 is 0 Å². The molecule has 1 aliphatic heterocycles. The van der Waals surface area contributed by atoms with Crippen molar-refractivity contribution in [3.8, 4) is 0 Å². The van der Waals surface area contributed by atoms with E-state index in [-0.39, 0.29) is 0 Å². The zero-order valence-electron chi connectivity index (χ0n) is 9.81. The predicted octanol–water partition coefficient (Wildman–Crippen LogP) is 0.961. The molecule has 0 bridgehead atoms. The average Bonchev–Trinajstić information content (AvgIpc) is 2.84. The van der Waals surface area contributed by atoms with E-state index >= 15 is 0 Å². The second-order valence-electron chi connectivity index (χ2n) is 4.31. The summed E-state index contributed by atoms with van der Waals surface area (Å²) in [5.41, 5.74) is 1.68. The maximum absolute atomic E-state index is 4.44. The van der Waals surface area contributed by atoms with E-state index < -0.39 is 0 Å². The lowest BCUT2D eigenvalue weighted by Gasteiger charge is -2.00. The summed E-state index contributed by atoms with van der Waals surface area (Å²) in [4.78, 5) is 8.73. The minimum Gasteiger partial charge on any atom is -0.367 e. The third-order valence-corrected chi connectivity index (χ3v) is 2.71. The van der Waals surface area contributed by atoms with Crippen molar-refractivity contribution < 1.29 is 0 Å². The zero-order chi connectivity index (χ0) is 11.8. The van der Waals surface area contributed by atoms with Crippen molar-refractivity contribution in [3.63, 3.8) is 0 Å². The molecule has 0 fully saturated rings. The molecule has 0 amide bonds. The molecule has 0 saturated heterocycles. The van der Waals surface area contributed by atoms with Crippen LogP contribution in [-0.2, 0) is 6.54 Å². The first-order valence-corrected chi connectivity index (χ1v) is 5.61. The molecule has 1 aliphatic rings. The Bertz CT molecular complexity index is 608. The molecule has 6 heteroatoms. The number of nitrogens with zero attached hydrogens (tertiary/aromatic N) is 4. The van der Waals surface area contributed by atoms with Gasteiger partial charge in [0.1, 0.15) is 5.82 Å². The van der Waals surface area contributed by atoms with Crippen LogP contribution in [0.5, 0.6) is 0 Å². The highest BCUT2D eigenvalue weighted by molar-refractivity contribution is 5.38. The highest BCUT2D eigenvalue weighted by atomic mass is 15.3. The van der Waals surface area contributed by atoms with Crippen molar-refractivity contribution in [3.05, 3.63) is 29.6 Å². The lowest BCUT2D eigenvalue weighted by molar-refractivity contribution is 0.649. The van der Waals surface area contributed by atoms with Crippen LogP contribution in [0.3, 0.4) is 0 Å². The van der Waals surface area contributed by atoms with E-state index in [4.69, 9.17) is 0 Å². The second kappa shape index (κ2) is 3.73. The van der Waals surface area contributed by atoms with Crippen LogP contribution in [0.2, 0.25) is 0 Å². The Balaban J connectivity index is 2.10. The van der Waals surface area contributed by atoms with Gasteiger partial charge in [-0.15, -0.1) is 0 Å². The van der Waals surface area contributed by atoms with E-state index in [9.17, 15) is 0 Å². The molecule has 2 aromatic rings. The average molecular weight is 230 g/mol. The molecule has 2 aromatic heterocycles. The molecule has 2 N–H and O–H groups in total. The fourth-order valence-corrected chi connectivity index (χ4v) is 1.97. The largest absolute Gasteiger partial charge is 0.367 e. The summed E-state index contributed by atoms with van der Waals surface area (Å²) < 4.78 is 2.06. The van der Waals surface area contributed by atoms with Crippen molar-refractivity contribution in [1.29, 1.82) is 0 Å². The quantitative estimate of drug-likeness (QED) is 0.766. The number of aromatic amines is 1. The summed E-state index contributed by atoms with van der Waals surface area (Å²) in [6, 6.07) is 4.26. The summed E-state index contributed by atoms with van der Waals surface area (Å²) >= 11 is 0. The van der Waals surface area contributed by atoms with Gasteiger partial charge < -0.3 is 5.32 Å².